The van der Waals surface area contributed by atoms with Gasteiger partial charge in [-0.25, -0.2) is 0 Å². The Balaban J connectivity index is 1.97. The Kier molecular flexibility index (Phi) is 4.47. The standard InChI is InChI=1S/C15H21N3O4/c19-9-11(20)8-18-14(21)10-22-13-3-1-2-12(15(13)18)17-6-4-16-5-7-17/h1-3,11,16,19-20H,4-10H2. The number of β-amino-alcohol motifs (C(OH)–C–C–N with tert-alkyl or cyclic N) is 1. The number of piperazine rings is 1. The molecular formula is C15H21N3O4. The summed E-state index contributed by atoms with van der Waals surface area (Å²) in [5.74, 6) is 0.434. The number of aliphatic hydroxyl groups excluding tert-OH is 2. The van der Waals surface area contributed by atoms with Crippen LogP contribution in [0.2, 0.25) is 0 Å². The van der Waals surface area contributed by atoms with Gasteiger partial charge in [0.2, 0.25) is 0 Å². The number of amides is 1. The van der Waals surface area contributed by atoms with E-state index in [1.54, 1.807) is 0 Å². The molecule has 1 aromatic rings. The lowest BCUT2D eigenvalue weighted by atomic mass is 10.1. The Morgan fingerprint density at radius 3 is 2.82 bits per heavy atom. The van der Waals surface area contributed by atoms with Crippen molar-refractivity contribution in [1.29, 1.82) is 0 Å². The molecular weight excluding hydrogens is 286 g/mol. The number of para-hydroxylation sites is 1. The molecule has 22 heavy (non-hydrogen) atoms. The fraction of sp³-hybridized carbons (Fsp3) is 0.533. The zero-order chi connectivity index (χ0) is 15.5. The average molecular weight is 307 g/mol. The summed E-state index contributed by atoms with van der Waals surface area (Å²) in [7, 11) is 0. The van der Waals surface area contributed by atoms with Gasteiger partial charge >= 0.3 is 0 Å². The van der Waals surface area contributed by atoms with Gasteiger partial charge in [0, 0.05) is 26.2 Å². The van der Waals surface area contributed by atoms with Crippen molar-refractivity contribution in [1.82, 2.24) is 5.32 Å². The fourth-order valence-electron chi connectivity index (χ4n) is 2.86. The van der Waals surface area contributed by atoms with Crippen molar-refractivity contribution in [2.45, 2.75) is 6.10 Å². The van der Waals surface area contributed by atoms with Gasteiger partial charge in [0.05, 0.1) is 24.9 Å². The molecule has 2 heterocycles. The highest BCUT2D eigenvalue weighted by Crippen LogP contribution is 2.40. The molecule has 1 aromatic carbocycles. The number of aliphatic hydroxyl groups is 2. The van der Waals surface area contributed by atoms with Crippen LogP contribution in [0.4, 0.5) is 11.4 Å². The van der Waals surface area contributed by atoms with Crippen LogP contribution in [0.5, 0.6) is 5.75 Å². The van der Waals surface area contributed by atoms with E-state index in [0.717, 1.165) is 31.9 Å². The van der Waals surface area contributed by atoms with Crippen LogP contribution in [0, 0.1) is 0 Å². The summed E-state index contributed by atoms with van der Waals surface area (Å²) in [5.41, 5.74) is 1.62. The largest absolute Gasteiger partial charge is 0.481 e. The van der Waals surface area contributed by atoms with E-state index in [-0.39, 0.29) is 25.7 Å². The number of rotatable bonds is 4. The smallest absolute Gasteiger partial charge is 0.265 e. The highest BCUT2D eigenvalue weighted by Gasteiger charge is 2.31. The third-order valence-electron chi connectivity index (χ3n) is 3.96. The van der Waals surface area contributed by atoms with Gasteiger partial charge in [0.25, 0.3) is 5.91 Å². The lowest BCUT2D eigenvalue weighted by Crippen LogP contribution is -2.47. The summed E-state index contributed by atoms with van der Waals surface area (Å²) in [4.78, 5) is 15.9. The number of carbonyl (C=O) groups is 1. The molecule has 3 rings (SSSR count). The van der Waals surface area contributed by atoms with Crippen molar-refractivity contribution in [3.05, 3.63) is 18.2 Å². The highest BCUT2D eigenvalue weighted by molar-refractivity contribution is 6.01. The average Bonchev–Trinajstić information content (AvgIpc) is 2.57. The second-order valence-corrected chi connectivity index (χ2v) is 5.49. The lowest BCUT2D eigenvalue weighted by molar-refractivity contribution is -0.121. The first-order valence-corrected chi connectivity index (χ1v) is 7.51. The quantitative estimate of drug-likeness (QED) is 0.674. The van der Waals surface area contributed by atoms with E-state index in [2.05, 4.69) is 10.2 Å². The molecule has 7 nitrogen and oxygen atoms in total. The van der Waals surface area contributed by atoms with Crippen molar-refractivity contribution in [3.63, 3.8) is 0 Å². The molecule has 1 amide bonds. The molecule has 2 aliphatic rings. The molecule has 0 radical (unpaired) electrons. The molecule has 1 saturated heterocycles. The van der Waals surface area contributed by atoms with Gasteiger partial charge in [-0.3, -0.25) is 4.79 Å². The number of hydrogen-bond donors (Lipinski definition) is 3. The second kappa shape index (κ2) is 6.51. The summed E-state index contributed by atoms with van der Waals surface area (Å²) in [5, 5.41) is 22.1. The van der Waals surface area contributed by atoms with Gasteiger partial charge in [-0.1, -0.05) is 6.07 Å². The Hall–Kier alpha value is -1.83. The van der Waals surface area contributed by atoms with E-state index in [9.17, 15) is 9.90 Å². The van der Waals surface area contributed by atoms with E-state index in [0.29, 0.717) is 11.4 Å². The van der Waals surface area contributed by atoms with Crippen molar-refractivity contribution in [2.24, 2.45) is 0 Å². The summed E-state index contributed by atoms with van der Waals surface area (Å²) in [6, 6.07) is 5.70. The van der Waals surface area contributed by atoms with Gasteiger partial charge in [0.15, 0.2) is 6.61 Å². The Morgan fingerprint density at radius 1 is 1.32 bits per heavy atom. The van der Waals surface area contributed by atoms with E-state index in [4.69, 9.17) is 9.84 Å². The van der Waals surface area contributed by atoms with Crippen LogP contribution in [0.25, 0.3) is 0 Å². The van der Waals surface area contributed by atoms with Crippen LogP contribution in [0.1, 0.15) is 0 Å². The topological polar surface area (TPSA) is 85.3 Å². The third-order valence-corrected chi connectivity index (χ3v) is 3.96. The van der Waals surface area contributed by atoms with Crippen LogP contribution >= 0.6 is 0 Å². The molecule has 1 unspecified atom stereocenters. The number of nitrogens with one attached hydrogen (secondary N) is 1. The van der Waals surface area contributed by atoms with E-state index < -0.39 is 6.10 Å². The van der Waals surface area contributed by atoms with Gasteiger partial charge in [-0.15, -0.1) is 0 Å². The normalized spacial score (nSPS) is 19.6. The summed E-state index contributed by atoms with van der Waals surface area (Å²) >= 11 is 0. The van der Waals surface area contributed by atoms with E-state index >= 15 is 0 Å². The molecule has 0 bridgehead atoms. The minimum Gasteiger partial charge on any atom is -0.481 e. The molecule has 0 saturated carbocycles. The van der Waals surface area contributed by atoms with Crippen molar-refractivity contribution in [2.75, 3.05) is 55.7 Å². The monoisotopic (exact) mass is 307 g/mol. The zero-order valence-electron chi connectivity index (χ0n) is 12.4. The number of nitrogens with zero attached hydrogens (tertiary/aromatic N) is 2. The Morgan fingerprint density at radius 2 is 2.09 bits per heavy atom. The predicted molar refractivity (Wildman–Crippen MR) is 82.5 cm³/mol. The van der Waals surface area contributed by atoms with Gasteiger partial charge in [0.1, 0.15) is 11.4 Å². The Bertz CT molecular complexity index is 546. The molecule has 0 spiro atoms. The maximum atomic E-state index is 12.2. The summed E-state index contributed by atoms with van der Waals surface area (Å²) in [6.07, 6.45) is -0.967. The molecule has 1 fully saturated rings. The fourth-order valence-corrected chi connectivity index (χ4v) is 2.86. The maximum absolute atomic E-state index is 12.2. The van der Waals surface area contributed by atoms with Crippen molar-refractivity contribution < 1.29 is 19.7 Å². The van der Waals surface area contributed by atoms with E-state index in [1.807, 2.05) is 18.2 Å². The van der Waals surface area contributed by atoms with Crippen molar-refractivity contribution in [3.8, 4) is 5.75 Å². The van der Waals surface area contributed by atoms with Crippen LogP contribution < -0.4 is 19.9 Å². The molecule has 0 aliphatic carbocycles. The minimum atomic E-state index is -0.967. The summed E-state index contributed by atoms with van der Waals surface area (Å²) < 4.78 is 5.54. The number of carbonyl (C=O) groups excluding carboxylic acids is 1. The highest BCUT2D eigenvalue weighted by atomic mass is 16.5. The van der Waals surface area contributed by atoms with Crippen LogP contribution in [0.15, 0.2) is 18.2 Å². The third kappa shape index (κ3) is 2.87. The van der Waals surface area contributed by atoms with Gasteiger partial charge in [-0.2, -0.15) is 0 Å². The van der Waals surface area contributed by atoms with Gasteiger partial charge < -0.3 is 30.1 Å². The Labute approximate surface area is 129 Å². The van der Waals surface area contributed by atoms with E-state index in [1.165, 1.54) is 4.90 Å². The van der Waals surface area contributed by atoms with Gasteiger partial charge in [-0.05, 0) is 12.1 Å². The SMILES string of the molecule is O=C1COc2cccc(N3CCNCC3)c2N1CC(O)CO. The number of fused-ring (bicyclic) bond motifs is 1. The number of hydrogen-bond acceptors (Lipinski definition) is 6. The number of benzene rings is 1. The second-order valence-electron chi connectivity index (χ2n) is 5.49. The number of anilines is 2. The lowest BCUT2D eigenvalue weighted by Gasteiger charge is -2.37. The molecule has 120 valence electrons. The first kappa shape index (κ1) is 15.1. The predicted octanol–water partition coefficient (Wildman–Crippen LogP) is -0.825. The van der Waals surface area contributed by atoms with Crippen LogP contribution in [-0.2, 0) is 4.79 Å². The summed E-state index contributed by atoms with van der Waals surface area (Å²) in [6.45, 7) is 3.11. The van der Waals surface area contributed by atoms with Crippen molar-refractivity contribution >= 4 is 17.3 Å². The number of ether oxygens (including phenoxy) is 1. The molecule has 7 heteroatoms. The molecule has 3 N–H and O–H groups in total. The minimum absolute atomic E-state index is 0.0455. The van der Waals surface area contributed by atoms with Crippen LogP contribution in [-0.4, -0.2) is 68.2 Å². The first-order valence-electron chi connectivity index (χ1n) is 7.51. The zero-order valence-corrected chi connectivity index (χ0v) is 12.4. The molecule has 2 aliphatic heterocycles. The first-order chi connectivity index (χ1) is 10.7. The molecule has 1 atom stereocenters. The molecule has 0 aromatic heterocycles. The maximum Gasteiger partial charge on any atom is 0.265 e. The van der Waals surface area contributed by atoms with Crippen LogP contribution in [0.3, 0.4) is 0 Å².